The van der Waals surface area contributed by atoms with Crippen LogP contribution in [0.3, 0.4) is 0 Å². The van der Waals surface area contributed by atoms with Crippen molar-refractivity contribution in [2.75, 3.05) is 18.9 Å². The predicted octanol–water partition coefficient (Wildman–Crippen LogP) is 1.50. The van der Waals surface area contributed by atoms with Crippen LogP contribution >= 0.6 is 0 Å². The summed E-state index contributed by atoms with van der Waals surface area (Å²) in [5, 5.41) is 12.5. The maximum absolute atomic E-state index is 11.8. The summed E-state index contributed by atoms with van der Waals surface area (Å²) in [4.78, 5) is 11.8. The van der Waals surface area contributed by atoms with Crippen molar-refractivity contribution in [2.45, 2.75) is 6.10 Å². The lowest BCUT2D eigenvalue weighted by Gasteiger charge is -2.12. The van der Waals surface area contributed by atoms with Crippen molar-refractivity contribution in [3.63, 3.8) is 0 Å². The molecule has 0 aliphatic heterocycles. The first-order valence-electron chi connectivity index (χ1n) is 6.66. The Hall–Kier alpha value is -2.53. The molecule has 0 aromatic heterocycles. The van der Waals surface area contributed by atoms with E-state index in [2.05, 4.69) is 5.32 Å². The van der Waals surface area contributed by atoms with Crippen LogP contribution < -0.4 is 15.8 Å². The number of benzene rings is 2. The minimum absolute atomic E-state index is 0.313. The van der Waals surface area contributed by atoms with E-state index in [0.717, 1.165) is 0 Å². The van der Waals surface area contributed by atoms with Crippen molar-refractivity contribution >= 4 is 11.6 Å². The van der Waals surface area contributed by atoms with Gasteiger partial charge in [-0.05, 0) is 29.8 Å². The molecule has 4 N–H and O–H groups in total. The van der Waals surface area contributed by atoms with Gasteiger partial charge in [-0.1, -0.05) is 30.3 Å². The highest BCUT2D eigenvalue weighted by atomic mass is 16.5. The average Bonchev–Trinajstić information content (AvgIpc) is 2.53. The highest BCUT2D eigenvalue weighted by Gasteiger charge is 2.15. The van der Waals surface area contributed by atoms with Crippen molar-refractivity contribution < 1.29 is 14.6 Å². The van der Waals surface area contributed by atoms with Gasteiger partial charge in [-0.2, -0.15) is 0 Å². The molecule has 1 amide bonds. The van der Waals surface area contributed by atoms with Crippen LogP contribution in [-0.4, -0.2) is 24.2 Å². The molecule has 2 aromatic rings. The summed E-state index contributed by atoms with van der Waals surface area (Å²) in [6.07, 6.45) is -1.16. The van der Waals surface area contributed by atoms with Gasteiger partial charge in [-0.3, -0.25) is 4.79 Å². The second kappa shape index (κ2) is 7.31. The summed E-state index contributed by atoms with van der Waals surface area (Å²) in [5.74, 6) is 0.240. The summed E-state index contributed by atoms with van der Waals surface area (Å²) in [6.45, 7) is 0.629. The fraction of sp³-hybridized carbons (Fsp3) is 0.188. The van der Waals surface area contributed by atoms with Gasteiger partial charge in [0, 0.05) is 5.69 Å². The third-order valence-electron chi connectivity index (χ3n) is 2.91. The number of aliphatic hydroxyl groups excluding tert-OH is 1. The van der Waals surface area contributed by atoms with Gasteiger partial charge in [0.2, 0.25) is 0 Å². The summed E-state index contributed by atoms with van der Waals surface area (Å²) in [5.41, 5.74) is 6.80. The molecule has 0 spiro atoms. The Balaban J connectivity index is 1.73. The van der Waals surface area contributed by atoms with E-state index in [0.29, 0.717) is 30.2 Å². The van der Waals surface area contributed by atoms with Crippen LogP contribution in [0.25, 0.3) is 0 Å². The van der Waals surface area contributed by atoms with Gasteiger partial charge < -0.3 is 20.9 Å². The zero-order valence-electron chi connectivity index (χ0n) is 11.5. The highest BCUT2D eigenvalue weighted by molar-refractivity contribution is 5.81. The predicted molar refractivity (Wildman–Crippen MR) is 80.8 cm³/mol. The normalized spacial score (nSPS) is 11.7. The van der Waals surface area contributed by atoms with Crippen molar-refractivity contribution in [1.82, 2.24) is 5.32 Å². The minimum Gasteiger partial charge on any atom is -0.492 e. The zero-order chi connectivity index (χ0) is 15.1. The molecule has 1 atom stereocenters. The Kier molecular flexibility index (Phi) is 5.17. The molecule has 2 rings (SSSR count). The largest absolute Gasteiger partial charge is 0.492 e. The van der Waals surface area contributed by atoms with Crippen LogP contribution in [0.15, 0.2) is 54.6 Å². The molecule has 2 aromatic carbocycles. The molecule has 5 heteroatoms. The van der Waals surface area contributed by atoms with Crippen LogP contribution in [0.5, 0.6) is 5.75 Å². The number of nitrogen functional groups attached to an aromatic ring is 1. The molecular weight excluding hydrogens is 268 g/mol. The van der Waals surface area contributed by atoms with Crippen molar-refractivity contribution in [3.05, 3.63) is 60.2 Å². The molecule has 0 radical (unpaired) electrons. The van der Waals surface area contributed by atoms with E-state index in [9.17, 15) is 9.90 Å². The Bertz CT molecular complexity index is 570. The van der Waals surface area contributed by atoms with Crippen LogP contribution in [-0.2, 0) is 4.79 Å². The van der Waals surface area contributed by atoms with Gasteiger partial charge in [-0.15, -0.1) is 0 Å². The lowest BCUT2D eigenvalue weighted by molar-refractivity contribution is -0.129. The number of ether oxygens (including phenoxy) is 1. The van der Waals surface area contributed by atoms with E-state index in [1.165, 1.54) is 0 Å². The third-order valence-corrected chi connectivity index (χ3v) is 2.91. The summed E-state index contributed by atoms with van der Waals surface area (Å²) in [7, 11) is 0. The number of rotatable bonds is 6. The van der Waals surface area contributed by atoms with Gasteiger partial charge in [0.05, 0.1) is 6.54 Å². The summed E-state index contributed by atoms with van der Waals surface area (Å²) < 4.78 is 5.44. The molecular formula is C16H18N2O3. The topological polar surface area (TPSA) is 84.6 Å². The number of anilines is 1. The fourth-order valence-electron chi connectivity index (χ4n) is 1.79. The van der Waals surface area contributed by atoms with Crippen LogP contribution in [0.1, 0.15) is 11.7 Å². The van der Waals surface area contributed by atoms with E-state index in [4.69, 9.17) is 10.5 Å². The molecule has 21 heavy (non-hydrogen) atoms. The summed E-state index contributed by atoms with van der Waals surface area (Å²) >= 11 is 0. The molecule has 0 aliphatic carbocycles. The van der Waals surface area contributed by atoms with E-state index < -0.39 is 12.0 Å². The van der Waals surface area contributed by atoms with Crippen molar-refractivity contribution in [3.8, 4) is 5.75 Å². The van der Waals surface area contributed by atoms with Gasteiger partial charge in [-0.25, -0.2) is 0 Å². The SMILES string of the molecule is Nc1ccc(OCCNC(=O)C(O)c2ccccc2)cc1. The molecule has 0 fully saturated rings. The number of nitrogens with two attached hydrogens (primary N) is 1. The fourth-order valence-corrected chi connectivity index (χ4v) is 1.79. The standard InChI is InChI=1S/C16H18N2O3/c17-13-6-8-14(9-7-13)21-11-10-18-16(20)15(19)12-4-2-1-3-5-12/h1-9,15,19H,10-11,17H2,(H,18,20). The number of amides is 1. The van der Waals surface area contributed by atoms with Gasteiger partial charge in [0.15, 0.2) is 6.10 Å². The number of carbonyl (C=O) groups is 1. The third kappa shape index (κ3) is 4.50. The maximum atomic E-state index is 11.8. The minimum atomic E-state index is -1.16. The maximum Gasteiger partial charge on any atom is 0.253 e. The average molecular weight is 286 g/mol. The first kappa shape index (κ1) is 14.9. The lowest BCUT2D eigenvalue weighted by atomic mass is 10.1. The first-order valence-corrected chi connectivity index (χ1v) is 6.66. The molecule has 5 nitrogen and oxygen atoms in total. The Morgan fingerprint density at radius 2 is 1.81 bits per heavy atom. The smallest absolute Gasteiger partial charge is 0.253 e. The molecule has 0 bridgehead atoms. The Morgan fingerprint density at radius 1 is 1.14 bits per heavy atom. The summed E-state index contributed by atoms with van der Waals surface area (Å²) in [6, 6.07) is 15.8. The van der Waals surface area contributed by atoms with Crippen molar-refractivity contribution in [2.24, 2.45) is 0 Å². The van der Waals surface area contributed by atoms with Gasteiger partial charge in [0.25, 0.3) is 5.91 Å². The monoisotopic (exact) mass is 286 g/mol. The van der Waals surface area contributed by atoms with Crippen molar-refractivity contribution in [1.29, 1.82) is 0 Å². The van der Waals surface area contributed by atoms with E-state index >= 15 is 0 Å². The quantitative estimate of drug-likeness (QED) is 0.555. The molecule has 0 heterocycles. The molecule has 0 saturated heterocycles. The van der Waals surface area contributed by atoms with Gasteiger partial charge in [0.1, 0.15) is 12.4 Å². The lowest BCUT2D eigenvalue weighted by Crippen LogP contribution is -2.32. The molecule has 0 saturated carbocycles. The van der Waals surface area contributed by atoms with Crippen LogP contribution in [0, 0.1) is 0 Å². The first-order chi connectivity index (χ1) is 10.2. The Morgan fingerprint density at radius 3 is 2.48 bits per heavy atom. The van der Waals surface area contributed by atoms with E-state index in [1.807, 2.05) is 6.07 Å². The van der Waals surface area contributed by atoms with Crippen LogP contribution in [0.4, 0.5) is 5.69 Å². The number of hydrogen-bond acceptors (Lipinski definition) is 4. The van der Waals surface area contributed by atoms with Gasteiger partial charge >= 0.3 is 0 Å². The second-order valence-corrected chi connectivity index (χ2v) is 4.52. The zero-order valence-corrected chi connectivity index (χ0v) is 11.5. The molecule has 1 unspecified atom stereocenters. The molecule has 0 aliphatic rings. The number of carbonyl (C=O) groups excluding carboxylic acids is 1. The highest BCUT2D eigenvalue weighted by Crippen LogP contribution is 2.13. The Labute approximate surface area is 123 Å². The second-order valence-electron chi connectivity index (χ2n) is 4.52. The van der Waals surface area contributed by atoms with E-state index in [-0.39, 0.29) is 0 Å². The number of hydrogen-bond donors (Lipinski definition) is 3. The number of nitrogens with one attached hydrogen (secondary N) is 1. The van der Waals surface area contributed by atoms with E-state index in [1.54, 1.807) is 48.5 Å². The van der Waals surface area contributed by atoms with Crippen LogP contribution in [0.2, 0.25) is 0 Å². The molecule has 110 valence electrons. The number of aliphatic hydroxyl groups is 1.